The molecule has 0 spiro atoms. The summed E-state index contributed by atoms with van der Waals surface area (Å²) in [7, 11) is 0. The lowest BCUT2D eigenvalue weighted by molar-refractivity contribution is -0.115. The van der Waals surface area contributed by atoms with Crippen molar-refractivity contribution in [3.63, 3.8) is 0 Å². The molecule has 30 heavy (non-hydrogen) atoms. The second-order valence-corrected chi connectivity index (χ2v) is 8.40. The zero-order valence-corrected chi connectivity index (χ0v) is 18.0. The van der Waals surface area contributed by atoms with Gasteiger partial charge in [0.15, 0.2) is 0 Å². The van der Waals surface area contributed by atoms with Crippen LogP contribution in [0.3, 0.4) is 0 Å². The summed E-state index contributed by atoms with van der Waals surface area (Å²) >= 11 is 1.47. The smallest absolute Gasteiger partial charge is 0.323 e. The number of para-hydroxylation sites is 2. The topological polar surface area (TPSA) is 70.2 Å². The lowest BCUT2D eigenvalue weighted by Crippen LogP contribution is -2.23. The van der Waals surface area contributed by atoms with E-state index >= 15 is 0 Å². The van der Waals surface area contributed by atoms with Gasteiger partial charge in [-0.2, -0.15) is 0 Å². The number of hydrogen-bond donors (Lipinski definition) is 3. The summed E-state index contributed by atoms with van der Waals surface area (Å²) in [6, 6.07) is 22.3. The lowest BCUT2D eigenvalue weighted by atomic mass is 10.1. The van der Waals surface area contributed by atoms with Crippen molar-refractivity contribution in [1.29, 1.82) is 0 Å². The molecule has 0 radical (unpaired) electrons. The number of aryl methyl sites for hydroxylation is 2. The van der Waals surface area contributed by atoms with Crippen molar-refractivity contribution in [1.82, 2.24) is 0 Å². The van der Waals surface area contributed by atoms with Gasteiger partial charge >= 0.3 is 6.03 Å². The van der Waals surface area contributed by atoms with Crippen LogP contribution in [0, 0.1) is 13.8 Å². The first-order valence-electron chi connectivity index (χ1n) is 9.69. The minimum atomic E-state index is -0.303. The van der Waals surface area contributed by atoms with E-state index in [1.54, 1.807) is 0 Å². The summed E-state index contributed by atoms with van der Waals surface area (Å²) in [5.74, 6) is -0.0400. The maximum atomic E-state index is 12.6. The van der Waals surface area contributed by atoms with E-state index in [1.165, 1.54) is 11.8 Å². The Kier molecular flexibility index (Phi) is 7.14. The van der Waals surface area contributed by atoms with Crippen LogP contribution in [0.25, 0.3) is 0 Å². The van der Waals surface area contributed by atoms with Crippen molar-refractivity contribution in [2.45, 2.75) is 30.9 Å². The fraction of sp³-hybridized carbons (Fsp3) is 0.167. The summed E-state index contributed by atoms with van der Waals surface area (Å²) in [5.41, 5.74) is 4.37. The van der Waals surface area contributed by atoms with Gasteiger partial charge < -0.3 is 16.0 Å². The molecule has 3 aromatic carbocycles. The Morgan fingerprint density at radius 3 is 1.90 bits per heavy atom. The molecule has 1 atom stereocenters. The van der Waals surface area contributed by atoms with E-state index in [2.05, 4.69) is 16.0 Å². The maximum Gasteiger partial charge on any atom is 0.323 e. The molecular formula is C24H25N3O2S. The van der Waals surface area contributed by atoms with Crippen LogP contribution < -0.4 is 16.0 Å². The molecule has 3 rings (SSSR count). The largest absolute Gasteiger partial charge is 0.325 e. The van der Waals surface area contributed by atoms with E-state index < -0.39 is 0 Å². The van der Waals surface area contributed by atoms with Gasteiger partial charge in [-0.25, -0.2) is 4.79 Å². The molecule has 0 aliphatic carbocycles. The standard InChI is InChI=1S/C24H25N3O2S/c1-16-8-7-9-17(2)22(16)27-23(28)18(3)30-21-14-12-20(13-15-21)26-24(29)25-19-10-5-4-6-11-19/h4-15,18H,1-3H3,(H,27,28)(H2,25,26,29). The maximum absolute atomic E-state index is 12.6. The van der Waals surface area contributed by atoms with Crippen LogP contribution >= 0.6 is 11.8 Å². The monoisotopic (exact) mass is 419 g/mol. The second kappa shape index (κ2) is 9.98. The number of urea groups is 1. The van der Waals surface area contributed by atoms with Crippen LogP contribution in [0.2, 0.25) is 0 Å². The van der Waals surface area contributed by atoms with Gasteiger partial charge in [0.1, 0.15) is 0 Å². The molecule has 5 nitrogen and oxygen atoms in total. The van der Waals surface area contributed by atoms with Crippen molar-refractivity contribution in [2.75, 3.05) is 16.0 Å². The van der Waals surface area contributed by atoms with Crippen LogP contribution in [0.4, 0.5) is 21.9 Å². The van der Waals surface area contributed by atoms with Crippen molar-refractivity contribution in [2.24, 2.45) is 0 Å². The van der Waals surface area contributed by atoms with Gasteiger partial charge in [-0.05, 0) is 68.3 Å². The molecule has 3 amide bonds. The van der Waals surface area contributed by atoms with Gasteiger partial charge in [0.25, 0.3) is 0 Å². The van der Waals surface area contributed by atoms with E-state index in [0.717, 1.165) is 27.4 Å². The second-order valence-electron chi connectivity index (χ2n) is 6.99. The average Bonchev–Trinajstić information content (AvgIpc) is 2.72. The Labute approximate surface area is 181 Å². The van der Waals surface area contributed by atoms with E-state index in [-0.39, 0.29) is 17.2 Å². The molecule has 0 aliphatic heterocycles. The number of nitrogens with one attached hydrogen (secondary N) is 3. The fourth-order valence-corrected chi connectivity index (χ4v) is 3.79. The average molecular weight is 420 g/mol. The molecule has 0 aromatic heterocycles. The Morgan fingerprint density at radius 2 is 1.30 bits per heavy atom. The molecule has 0 saturated carbocycles. The normalized spacial score (nSPS) is 11.4. The number of hydrogen-bond acceptors (Lipinski definition) is 3. The van der Waals surface area contributed by atoms with Crippen LogP contribution in [0.5, 0.6) is 0 Å². The van der Waals surface area contributed by atoms with Gasteiger partial charge in [-0.3, -0.25) is 4.79 Å². The molecule has 1 unspecified atom stereocenters. The fourth-order valence-electron chi connectivity index (χ4n) is 2.93. The zero-order chi connectivity index (χ0) is 21.5. The lowest BCUT2D eigenvalue weighted by Gasteiger charge is -2.15. The summed E-state index contributed by atoms with van der Waals surface area (Å²) in [4.78, 5) is 25.6. The Morgan fingerprint density at radius 1 is 0.733 bits per heavy atom. The molecule has 0 fully saturated rings. The molecule has 0 aliphatic rings. The highest BCUT2D eigenvalue weighted by Gasteiger charge is 2.16. The molecule has 0 saturated heterocycles. The quantitative estimate of drug-likeness (QED) is 0.425. The Hall–Kier alpha value is -3.25. The molecule has 0 heterocycles. The van der Waals surface area contributed by atoms with Crippen molar-refractivity contribution in [3.8, 4) is 0 Å². The van der Waals surface area contributed by atoms with Crippen LogP contribution in [-0.2, 0) is 4.79 Å². The summed E-state index contributed by atoms with van der Waals surface area (Å²) in [5, 5.41) is 8.35. The number of thioether (sulfide) groups is 1. The predicted molar refractivity (Wildman–Crippen MR) is 125 cm³/mol. The minimum absolute atomic E-state index is 0.0400. The van der Waals surface area contributed by atoms with Crippen LogP contribution in [0.1, 0.15) is 18.1 Å². The van der Waals surface area contributed by atoms with Crippen LogP contribution in [0.15, 0.2) is 77.7 Å². The SMILES string of the molecule is Cc1cccc(C)c1NC(=O)C(C)Sc1ccc(NC(=O)Nc2ccccc2)cc1. The third kappa shape index (κ3) is 5.87. The number of rotatable bonds is 6. The summed E-state index contributed by atoms with van der Waals surface area (Å²) in [6.07, 6.45) is 0. The van der Waals surface area contributed by atoms with Gasteiger partial charge in [0.05, 0.1) is 5.25 Å². The van der Waals surface area contributed by atoms with Crippen molar-refractivity contribution >= 4 is 40.8 Å². The molecule has 3 aromatic rings. The number of amides is 3. The van der Waals surface area contributed by atoms with Gasteiger partial charge in [0, 0.05) is 22.0 Å². The molecule has 6 heteroatoms. The number of carbonyl (C=O) groups is 2. The van der Waals surface area contributed by atoms with E-state index in [0.29, 0.717) is 5.69 Å². The first kappa shape index (κ1) is 21.5. The molecule has 154 valence electrons. The highest BCUT2D eigenvalue weighted by atomic mass is 32.2. The first-order chi connectivity index (χ1) is 14.4. The molecular weight excluding hydrogens is 394 g/mol. The van der Waals surface area contributed by atoms with Crippen molar-refractivity contribution < 1.29 is 9.59 Å². The third-order valence-electron chi connectivity index (χ3n) is 4.56. The van der Waals surface area contributed by atoms with E-state index in [9.17, 15) is 9.59 Å². The summed E-state index contributed by atoms with van der Waals surface area (Å²) in [6.45, 7) is 5.85. The number of carbonyl (C=O) groups excluding carboxylic acids is 2. The van der Waals surface area contributed by atoms with E-state index in [4.69, 9.17) is 0 Å². The van der Waals surface area contributed by atoms with Crippen LogP contribution in [-0.4, -0.2) is 17.2 Å². The Bertz CT molecular complexity index is 1000. The van der Waals surface area contributed by atoms with Gasteiger partial charge in [-0.1, -0.05) is 36.4 Å². The van der Waals surface area contributed by atoms with E-state index in [1.807, 2.05) is 93.6 Å². The molecule has 3 N–H and O–H groups in total. The minimum Gasteiger partial charge on any atom is -0.325 e. The van der Waals surface area contributed by atoms with Gasteiger partial charge in [-0.15, -0.1) is 11.8 Å². The number of anilines is 3. The summed E-state index contributed by atoms with van der Waals surface area (Å²) < 4.78 is 0. The molecule has 0 bridgehead atoms. The highest BCUT2D eigenvalue weighted by molar-refractivity contribution is 8.00. The zero-order valence-electron chi connectivity index (χ0n) is 17.2. The third-order valence-corrected chi connectivity index (χ3v) is 5.67. The predicted octanol–water partition coefficient (Wildman–Crippen LogP) is 6.07. The van der Waals surface area contributed by atoms with Gasteiger partial charge in [0.2, 0.25) is 5.91 Å². The van der Waals surface area contributed by atoms with Crippen molar-refractivity contribution in [3.05, 3.63) is 83.9 Å². The number of benzene rings is 3. The Balaban J connectivity index is 1.54. The highest BCUT2D eigenvalue weighted by Crippen LogP contribution is 2.27. The first-order valence-corrected chi connectivity index (χ1v) is 10.6.